The van der Waals surface area contributed by atoms with Gasteiger partial charge in [-0.2, -0.15) is 0 Å². The SMILES string of the molecule is C=CCN(CC(=O)O)C1CCc2ccc(OC)cc21. The number of nitrogens with zero attached hydrogens (tertiary/aromatic N) is 1. The molecule has 0 radical (unpaired) electrons. The van der Waals surface area contributed by atoms with Crippen LogP contribution in [0.5, 0.6) is 5.75 Å². The van der Waals surface area contributed by atoms with E-state index in [4.69, 9.17) is 9.84 Å². The molecule has 1 aromatic rings. The molecule has 0 aliphatic heterocycles. The van der Waals surface area contributed by atoms with Gasteiger partial charge in [-0.1, -0.05) is 12.1 Å². The van der Waals surface area contributed by atoms with Crippen LogP contribution in [-0.2, 0) is 11.2 Å². The van der Waals surface area contributed by atoms with E-state index in [2.05, 4.69) is 12.6 Å². The van der Waals surface area contributed by atoms with Crippen LogP contribution in [0.2, 0.25) is 0 Å². The maximum atomic E-state index is 11.0. The molecule has 102 valence electrons. The Morgan fingerprint density at radius 2 is 2.42 bits per heavy atom. The molecule has 0 amide bonds. The standard InChI is InChI=1S/C15H19NO3/c1-3-8-16(10-15(17)18)14-7-5-11-4-6-12(19-2)9-13(11)14/h3-4,6,9,14H,1,5,7-8,10H2,2H3,(H,17,18). The smallest absolute Gasteiger partial charge is 0.317 e. The van der Waals surface area contributed by atoms with Crippen LogP contribution < -0.4 is 4.74 Å². The molecule has 0 fully saturated rings. The number of ether oxygens (including phenoxy) is 1. The first-order valence-corrected chi connectivity index (χ1v) is 6.39. The monoisotopic (exact) mass is 261 g/mol. The van der Waals surface area contributed by atoms with Crippen molar-refractivity contribution < 1.29 is 14.6 Å². The summed E-state index contributed by atoms with van der Waals surface area (Å²) < 4.78 is 5.25. The highest BCUT2D eigenvalue weighted by molar-refractivity contribution is 5.69. The van der Waals surface area contributed by atoms with E-state index in [0.29, 0.717) is 6.54 Å². The van der Waals surface area contributed by atoms with Crippen molar-refractivity contribution in [1.29, 1.82) is 0 Å². The molecule has 1 N–H and O–H groups in total. The Hall–Kier alpha value is -1.81. The third-order valence-corrected chi connectivity index (χ3v) is 3.54. The van der Waals surface area contributed by atoms with Crippen molar-refractivity contribution in [2.24, 2.45) is 0 Å². The molecule has 0 aromatic heterocycles. The Kier molecular flexibility index (Phi) is 4.22. The third-order valence-electron chi connectivity index (χ3n) is 3.54. The molecule has 1 unspecified atom stereocenters. The average molecular weight is 261 g/mol. The minimum atomic E-state index is -0.807. The van der Waals surface area contributed by atoms with Crippen LogP contribution in [-0.4, -0.2) is 36.2 Å². The van der Waals surface area contributed by atoms with E-state index in [1.807, 2.05) is 17.0 Å². The Bertz CT molecular complexity index is 484. The van der Waals surface area contributed by atoms with E-state index in [9.17, 15) is 4.79 Å². The number of carbonyl (C=O) groups is 1. The summed E-state index contributed by atoms with van der Waals surface area (Å²) in [6.07, 6.45) is 3.68. The first kappa shape index (κ1) is 13.6. The molecular formula is C15H19NO3. The van der Waals surface area contributed by atoms with Crippen molar-refractivity contribution in [1.82, 2.24) is 4.90 Å². The summed E-state index contributed by atoms with van der Waals surface area (Å²) >= 11 is 0. The highest BCUT2D eigenvalue weighted by Crippen LogP contribution is 2.37. The molecule has 0 saturated carbocycles. The van der Waals surface area contributed by atoms with Crippen molar-refractivity contribution >= 4 is 5.97 Å². The lowest BCUT2D eigenvalue weighted by Crippen LogP contribution is -2.32. The van der Waals surface area contributed by atoms with Gasteiger partial charge in [0.15, 0.2) is 0 Å². The molecule has 0 bridgehead atoms. The second-order valence-electron chi connectivity index (χ2n) is 4.73. The zero-order chi connectivity index (χ0) is 13.8. The van der Waals surface area contributed by atoms with Gasteiger partial charge in [0.1, 0.15) is 5.75 Å². The number of carboxylic acids is 1. The van der Waals surface area contributed by atoms with Gasteiger partial charge in [-0.05, 0) is 36.1 Å². The zero-order valence-corrected chi connectivity index (χ0v) is 11.1. The van der Waals surface area contributed by atoms with Gasteiger partial charge in [0.05, 0.1) is 13.7 Å². The van der Waals surface area contributed by atoms with E-state index < -0.39 is 5.97 Å². The molecule has 1 aliphatic carbocycles. The molecule has 0 saturated heterocycles. The van der Waals surface area contributed by atoms with Gasteiger partial charge in [-0.25, -0.2) is 0 Å². The predicted octanol–water partition coefficient (Wildman–Crippen LogP) is 2.26. The van der Waals surface area contributed by atoms with Gasteiger partial charge in [0.25, 0.3) is 0 Å². The lowest BCUT2D eigenvalue weighted by molar-refractivity contribution is -0.138. The summed E-state index contributed by atoms with van der Waals surface area (Å²) in [6.45, 7) is 4.32. The number of methoxy groups -OCH3 is 1. The van der Waals surface area contributed by atoms with Crippen molar-refractivity contribution in [2.45, 2.75) is 18.9 Å². The lowest BCUT2D eigenvalue weighted by atomic mass is 10.1. The number of hydrogen-bond donors (Lipinski definition) is 1. The Labute approximate surface area is 113 Å². The first-order valence-electron chi connectivity index (χ1n) is 6.39. The second kappa shape index (κ2) is 5.89. The summed E-state index contributed by atoms with van der Waals surface area (Å²) in [5.41, 5.74) is 2.47. The Balaban J connectivity index is 2.27. The molecule has 0 spiro atoms. The van der Waals surface area contributed by atoms with Gasteiger partial charge < -0.3 is 9.84 Å². The van der Waals surface area contributed by atoms with E-state index in [0.717, 1.165) is 18.6 Å². The molecular weight excluding hydrogens is 242 g/mol. The maximum Gasteiger partial charge on any atom is 0.317 e. The van der Waals surface area contributed by atoms with Gasteiger partial charge in [-0.3, -0.25) is 9.69 Å². The second-order valence-corrected chi connectivity index (χ2v) is 4.73. The number of aryl methyl sites for hydroxylation is 1. The lowest BCUT2D eigenvalue weighted by Gasteiger charge is -2.26. The van der Waals surface area contributed by atoms with Crippen molar-refractivity contribution in [3.63, 3.8) is 0 Å². The van der Waals surface area contributed by atoms with Crippen molar-refractivity contribution in [3.8, 4) is 5.75 Å². The molecule has 1 aromatic carbocycles. The Morgan fingerprint density at radius 1 is 1.63 bits per heavy atom. The van der Waals surface area contributed by atoms with Gasteiger partial charge in [-0.15, -0.1) is 6.58 Å². The van der Waals surface area contributed by atoms with Crippen molar-refractivity contribution in [2.75, 3.05) is 20.2 Å². The van der Waals surface area contributed by atoms with Crippen LogP contribution in [0.4, 0.5) is 0 Å². The van der Waals surface area contributed by atoms with Crippen LogP contribution in [0.3, 0.4) is 0 Å². The third kappa shape index (κ3) is 2.96. The van der Waals surface area contributed by atoms with E-state index in [1.54, 1.807) is 13.2 Å². The Morgan fingerprint density at radius 3 is 3.05 bits per heavy atom. The molecule has 2 rings (SSSR count). The maximum absolute atomic E-state index is 11.0. The number of hydrogen-bond acceptors (Lipinski definition) is 3. The summed E-state index contributed by atoms with van der Waals surface area (Å²) in [5, 5.41) is 9.02. The molecule has 19 heavy (non-hydrogen) atoms. The quantitative estimate of drug-likeness (QED) is 0.798. The van der Waals surface area contributed by atoms with Gasteiger partial charge in [0, 0.05) is 12.6 Å². The fourth-order valence-electron chi connectivity index (χ4n) is 2.71. The number of carboxylic acid groups (broad SMARTS) is 1. The topological polar surface area (TPSA) is 49.8 Å². The number of fused-ring (bicyclic) bond motifs is 1. The first-order chi connectivity index (χ1) is 9.15. The number of rotatable bonds is 6. The van der Waals surface area contributed by atoms with Crippen molar-refractivity contribution in [3.05, 3.63) is 42.0 Å². The normalized spacial score (nSPS) is 17.3. The molecule has 4 heteroatoms. The zero-order valence-electron chi connectivity index (χ0n) is 11.1. The highest BCUT2D eigenvalue weighted by atomic mass is 16.5. The molecule has 1 atom stereocenters. The van der Waals surface area contributed by atoms with Crippen LogP contribution >= 0.6 is 0 Å². The van der Waals surface area contributed by atoms with E-state index in [1.165, 1.54) is 11.1 Å². The minimum Gasteiger partial charge on any atom is -0.497 e. The highest BCUT2D eigenvalue weighted by Gasteiger charge is 2.28. The number of aliphatic carboxylic acids is 1. The van der Waals surface area contributed by atoms with E-state index >= 15 is 0 Å². The van der Waals surface area contributed by atoms with Crippen LogP contribution in [0.15, 0.2) is 30.9 Å². The summed E-state index contributed by atoms with van der Waals surface area (Å²) in [7, 11) is 1.64. The fourth-order valence-corrected chi connectivity index (χ4v) is 2.71. The predicted molar refractivity (Wildman–Crippen MR) is 73.5 cm³/mol. The summed E-state index contributed by atoms with van der Waals surface area (Å²) in [6, 6.07) is 6.18. The largest absolute Gasteiger partial charge is 0.497 e. The van der Waals surface area contributed by atoms with Gasteiger partial charge >= 0.3 is 5.97 Å². The van der Waals surface area contributed by atoms with Crippen LogP contribution in [0, 0.1) is 0 Å². The fraction of sp³-hybridized carbons (Fsp3) is 0.400. The molecule has 4 nitrogen and oxygen atoms in total. The summed E-state index contributed by atoms with van der Waals surface area (Å²) in [4.78, 5) is 12.9. The minimum absolute atomic E-state index is 0.0351. The van der Waals surface area contributed by atoms with Crippen LogP contribution in [0.1, 0.15) is 23.6 Å². The molecule has 1 aliphatic rings. The number of benzene rings is 1. The summed E-state index contributed by atoms with van der Waals surface area (Å²) in [5.74, 6) is 0.0118. The van der Waals surface area contributed by atoms with Crippen LogP contribution in [0.25, 0.3) is 0 Å². The van der Waals surface area contributed by atoms with Gasteiger partial charge in [0.2, 0.25) is 0 Å². The van der Waals surface area contributed by atoms with E-state index in [-0.39, 0.29) is 12.6 Å². The average Bonchev–Trinajstić information content (AvgIpc) is 2.80. The molecule has 0 heterocycles.